The lowest BCUT2D eigenvalue weighted by Crippen LogP contribution is -2.34. The summed E-state index contributed by atoms with van der Waals surface area (Å²) < 4.78 is 2.28. The van der Waals surface area contributed by atoms with E-state index in [1.165, 1.54) is 42.0 Å². The molecule has 6 nitrogen and oxygen atoms in total. The molecule has 0 amide bonds. The first-order valence-electron chi connectivity index (χ1n) is 11.6. The number of nitrogens with zero attached hydrogens (tertiary/aromatic N) is 6. The maximum atomic E-state index is 5.06. The summed E-state index contributed by atoms with van der Waals surface area (Å²) in [5.74, 6) is 0. The summed E-state index contributed by atoms with van der Waals surface area (Å²) in [6.45, 7) is 4.10. The van der Waals surface area contributed by atoms with Gasteiger partial charge in [0, 0.05) is 38.1 Å². The van der Waals surface area contributed by atoms with Crippen LogP contribution in [-0.4, -0.2) is 69.3 Å². The maximum absolute atomic E-state index is 5.06. The van der Waals surface area contributed by atoms with Gasteiger partial charge in [0.25, 0.3) is 0 Å². The summed E-state index contributed by atoms with van der Waals surface area (Å²) in [6, 6.07) is 11.6. The summed E-state index contributed by atoms with van der Waals surface area (Å²) in [5, 5.41) is 0. The van der Waals surface area contributed by atoms with Crippen LogP contribution < -0.4 is 0 Å². The molecule has 1 fully saturated rings. The quantitative estimate of drug-likeness (QED) is 0.614. The van der Waals surface area contributed by atoms with Gasteiger partial charge in [-0.2, -0.15) is 0 Å². The minimum Gasteiger partial charge on any atom is -0.305 e. The molecule has 1 aliphatic carbocycles. The number of aryl methyl sites for hydroxylation is 1. The van der Waals surface area contributed by atoms with Crippen LogP contribution in [0.3, 0.4) is 0 Å². The molecule has 31 heavy (non-hydrogen) atoms. The van der Waals surface area contributed by atoms with E-state index in [0.717, 1.165) is 38.1 Å². The van der Waals surface area contributed by atoms with Crippen molar-refractivity contribution in [1.82, 2.24) is 29.1 Å². The maximum Gasteiger partial charge on any atom is 0.137 e. The second-order valence-electron chi connectivity index (χ2n) is 9.42. The van der Waals surface area contributed by atoms with Gasteiger partial charge in [-0.1, -0.05) is 12.1 Å². The summed E-state index contributed by atoms with van der Waals surface area (Å²) >= 11 is 0. The molecular weight excluding hydrogens is 384 g/mol. The highest BCUT2D eigenvalue weighted by Gasteiger charge is 2.28. The van der Waals surface area contributed by atoms with E-state index in [9.17, 15) is 0 Å². The van der Waals surface area contributed by atoms with Crippen molar-refractivity contribution in [3.8, 4) is 0 Å². The van der Waals surface area contributed by atoms with E-state index in [1.807, 2.05) is 6.20 Å². The Balaban J connectivity index is 1.41. The number of imidazole rings is 1. The van der Waals surface area contributed by atoms with E-state index >= 15 is 0 Å². The fraction of sp³-hybridized carbons (Fsp3) is 0.520. The molecule has 0 radical (unpaired) electrons. The zero-order valence-corrected chi connectivity index (χ0v) is 19.0. The van der Waals surface area contributed by atoms with Gasteiger partial charge < -0.3 is 9.30 Å². The lowest BCUT2D eigenvalue weighted by Gasteiger charge is -2.32. The third-order valence-electron chi connectivity index (χ3n) is 7.20. The lowest BCUT2D eigenvalue weighted by molar-refractivity contribution is 0.201. The van der Waals surface area contributed by atoms with Crippen molar-refractivity contribution in [2.24, 2.45) is 0 Å². The van der Waals surface area contributed by atoms with Crippen LogP contribution in [0.2, 0.25) is 0 Å². The first-order valence-corrected chi connectivity index (χ1v) is 11.6. The van der Waals surface area contributed by atoms with Gasteiger partial charge >= 0.3 is 0 Å². The van der Waals surface area contributed by atoms with E-state index in [-0.39, 0.29) is 0 Å². The molecular formula is C25H34N6. The molecule has 0 bridgehead atoms. The zero-order chi connectivity index (χ0) is 21.4. The zero-order valence-electron chi connectivity index (χ0n) is 19.0. The molecule has 0 aromatic carbocycles. The number of likely N-dealkylation sites (N-methyl/N-ethyl adjacent to an activating group) is 2. The Morgan fingerprint density at radius 2 is 1.97 bits per heavy atom. The lowest BCUT2D eigenvalue weighted by atomic mass is 9.91. The average Bonchev–Trinajstić information content (AvgIpc) is 3.37. The van der Waals surface area contributed by atoms with Crippen LogP contribution in [0.15, 0.2) is 42.7 Å². The largest absolute Gasteiger partial charge is 0.305 e. The normalized spacial score (nSPS) is 22.0. The third kappa shape index (κ3) is 4.12. The predicted molar refractivity (Wildman–Crippen MR) is 124 cm³/mol. The molecule has 0 N–H and O–H groups in total. The SMILES string of the molecule is CN1CCC(N(C)Cc2c(CN(C)[C@H]3CCCc4cccnc43)nc3ccccn23)C1. The minimum atomic E-state index is 0.365. The second-order valence-corrected chi connectivity index (χ2v) is 9.42. The Hall–Kier alpha value is -2.28. The topological polar surface area (TPSA) is 39.9 Å². The summed E-state index contributed by atoms with van der Waals surface area (Å²) in [4.78, 5) is 17.2. The number of likely N-dealkylation sites (tertiary alicyclic amines) is 1. The van der Waals surface area contributed by atoms with E-state index < -0.39 is 0 Å². The van der Waals surface area contributed by atoms with Gasteiger partial charge in [-0.05, 0) is 77.1 Å². The molecule has 2 atom stereocenters. The highest BCUT2D eigenvalue weighted by Crippen LogP contribution is 2.33. The Kier molecular flexibility index (Phi) is 5.78. The number of aromatic nitrogens is 3. The molecule has 0 saturated carbocycles. The van der Waals surface area contributed by atoms with Gasteiger partial charge in [-0.3, -0.25) is 14.8 Å². The average molecular weight is 419 g/mol. The number of pyridine rings is 2. The first kappa shape index (κ1) is 20.6. The second kappa shape index (κ2) is 8.69. The molecule has 164 valence electrons. The first-order chi connectivity index (χ1) is 15.1. The van der Waals surface area contributed by atoms with Crippen LogP contribution in [0.5, 0.6) is 0 Å². The van der Waals surface area contributed by atoms with Gasteiger partial charge in [-0.25, -0.2) is 4.98 Å². The van der Waals surface area contributed by atoms with Crippen molar-refractivity contribution in [2.75, 3.05) is 34.2 Å². The predicted octanol–water partition coefficient (Wildman–Crippen LogP) is 3.37. The van der Waals surface area contributed by atoms with Crippen LogP contribution in [0.25, 0.3) is 5.65 Å². The van der Waals surface area contributed by atoms with Crippen LogP contribution >= 0.6 is 0 Å². The number of hydrogen-bond donors (Lipinski definition) is 0. The Morgan fingerprint density at radius 1 is 1.06 bits per heavy atom. The molecule has 2 aliphatic rings. The molecule has 6 heteroatoms. The third-order valence-corrected chi connectivity index (χ3v) is 7.20. The van der Waals surface area contributed by atoms with E-state index in [2.05, 4.69) is 76.8 Å². The summed E-state index contributed by atoms with van der Waals surface area (Å²) in [7, 11) is 6.72. The van der Waals surface area contributed by atoms with E-state index in [1.54, 1.807) is 0 Å². The van der Waals surface area contributed by atoms with Crippen LogP contribution in [-0.2, 0) is 19.5 Å². The Labute approximate surface area is 185 Å². The van der Waals surface area contributed by atoms with Crippen LogP contribution in [0.4, 0.5) is 0 Å². The molecule has 4 heterocycles. The highest BCUT2D eigenvalue weighted by molar-refractivity contribution is 5.43. The number of rotatable bonds is 6. The fourth-order valence-electron chi connectivity index (χ4n) is 5.39. The van der Waals surface area contributed by atoms with Gasteiger partial charge in [0.05, 0.1) is 23.1 Å². The van der Waals surface area contributed by atoms with Gasteiger partial charge in [0.2, 0.25) is 0 Å². The van der Waals surface area contributed by atoms with Crippen LogP contribution in [0.1, 0.15) is 47.9 Å². The highest BCUT2D eigenvalue weighted by atomic mass is 15.2. The van der Waals surface area contributed by atoms with Crippen molar-refractivity contribution in [2.45, 2.75) is 50.9 Å². The van der Waals surface area contributed by atoms with Gasteiger partial charge in [0.1, 0.15) is 5.65 Å². The minimum absolute atomic E-state index is 0.365. The van der Waals surface area contributed by atoms with Crippen molar-refractivity contribution in [3.63, 3.8) is 0 Å². The van der Waals surface area contributed by atoms with Crippen molar-refractivity contribution in [1.29, 1.82) is 0 Å². The molecule has 5 rings (SSSR count). The van der Waals surface area contributed by atoms with Crippen molar-refractivity contribution >= 4 is 5.65 Å². The fourth-order valence-corrected chi connectivity index (χ4v) is 5.39. The van der Waals surface area contributed by atoms with Crippen molar-refractivity contribution in [3.05, 3.63) is 65.4 Å². The van der Waals surface area contributed by atoms with Crippen molar-refractivity contribution < 1.29 is 0 Å². The van der Waals surface area contributed by atoms with E-state index in [4.69, 9.17) is 9.97 Å². The molecule has 1 saturated heterocycles. The number of fused-ring (bicyclic) bond motifs is 2. The smallest absolute Gasteiger partial charge is 0.137 e. The Morgan fingerprint density at radius 3 is 2.81 bits per heavy atom. The standard InChI is InChI=1S/C25H34N6/c1-28-15-12-20(16-28)29(2)18-23-21(27-24-11-4-5-14-31(23)24)17-30(3)22-10-6-8-19-9-7-13-26-25(19)22/h4-5,7,9,11,13-14,20,22H,6,8,10,12,15-18H2,1-3H3/t20?,22-/m0/s1. The molecule has 3 aromatic rings. The number of hydrogen-bond acceptors (Lipinski definition) is 5. The molecule has 0 spiro atoms. The summed E-state index contributed by atoms with van der Waals surface area (Å²) in [5.41, 5.74) is 6.21. The molecule has 1 unspecified atom stereocenters. The van der Waals surface area contributed by atoms with E-state index in [0.29, 0.717) is 12.1 Å². The van der Waals surface area contributed by atoms with Gasteiger partial charge in [0.15, 0.2) is 0 Å². The summed E-state index contributed by atoms with van der Waals surface area (Å²) in [6.07, 6.45) is 8.88. The van der Waals surface area contributed by atoms with Crippen LogP contribution in [0, 0.1) is 0 Å². The van der Waals surface area contributed by atoms with Gasteiger partial charge in [-0.15, -0.1) is 0 Å². The molecule has 1 aliphatic heterocycles. The molecule has 3 aromatic heterocycles. The monoisotopic (exact) mass is 418 g/mol. The Bertz CT molecular complexity index is 1040.